The molecule has 0 bridgehead atoms. The molecule has 1 aliphatic carbocycles. The highest BCUT2D eigenvalue weighted by Gasteiger charge is 2.54. The normalized spacial score (nSPS) is 15.2. The molecular formula is C30H40N4O7. The number of benzene rings is 1. The fraction of sp³-hybridized carbons (Fsp3) is 0.533. The van der Waals surface area contributed by atoms with E-state index in [-0.39, 0.29) is 25.1 Å². The SMILES string of the molecule is CON(C)C(=O)CN(CCCc1ccc2c([n+]1[O-])N(C(=O)OC(C)(C)C)CCC21CC1)C(=O)OCc1ccccc1. The van der Waals surface area contributed by atoms with Gasteiger partial charge in [0.05, 0.1) is 13.7 Å². The molecule has 1 fully saturated rings. The summed E-state index contributed by atoms with van der Waals surface area (Å²) in [6, 6.07) is 13.0. The van der Waals surface area contributed by atoms with Gasteiger partial charge in [-0.1, -0.05) is 30.3 Å². The number of likely N-dealkylation sites (N-methyl/N-ethyl adjacent to an activating group) is 1. The number of hydrogen-bond acceptors (Lipinski definition) is 7. The monoisotopic (exact) mass is 568 g/mol. The van der Waals surface area contributed by atoms with E-state index in [0.29, 0.717) is 30.9 Å². The number of fused-ring (bicyclic) bond motifs is 2. The zero-order valence-electron chi connectivity index (χ0n) is 24.6. The molecule has 0 radical (unpaired) electrons. The van der Waals surface area contributed by atoms with E-state index in [2.05, 4.69) is 0 Å². The third-order valence-electron chi connectivity index (χ3n) is 7.52. The third-order valence-corrected chi connectivity index (χ3v) is 7.52. The van der Waals surface area contributed by atoms with Gasteiger partial charge in [-0.2, -0.15) is 9.69 Å². The van der Waals surface area contributed by atoms with Gasteiger partial charge in [0.1, 0.15) is 24.4 Å². The first kappa shape index (κ1) is 30.1. The molecule has 222 valence electrons. The zero-order chi connectivity index (χ0) is 29.8. The van der Waals surface area contributed by atoms with E-state index in [1.165, 1.54) is 24.0 Å². The summed E-state index contributed by atoms with van der Waals surface area (Å²) >= 11 is 0. The van der Waals surface area contributed by atoms with Gasteiger partial charge in [-0.25, -0.2) is 14.6 Å². The van der Waals surface area contributed by atoms with Gasteiger partial charge < -0.3 is 14.7 Å². The summed E-state index contributed by atoms with van der Waals surface area (Å²) < 4.78 is 11.9. The van der Waals surface area contributed by atoms with Crippen molar-refractivity contribution < 1.29 is 33.4 Å². The first-order valence-electron chi connectivity index (χ1n) is 14.0. The van der Waals surface area contributed by atoms with Crippen molar-refractivity contribution in [2.45, 2.75) is 70.5 Å². The van der Waals surface area contributed by atoms with Crippen LogP contribution in [0.1, 0.15) is 63.3 Å². The molecule has 0 N–H and O–H groups in total. The number of carbonyl (C=O) groups is 3. The number of hydroxylamine groups is 2. The molecule has 4 rings (SSSR count). The number of aromatic nitrogens is 1. The van der Waals surface area contributed by atoms with Crippen LogP contribution in [-0.2, 0) is 37.5 Å². The molecule has 2 heterocycles. The molecule has 2 aromatic rings. The highest BCUT2D eigenvalue weighted by Crippen LogP contribution is 2.55. The molecule has 0 saturated heterocycles. The van der Waals surface area contributed by atoms with Gasteiger partial charge in [0.15, 0.2) is 0 Å². The maximum atomic E-state index is 13.7. The molecule has 1 spiro atoms. The zero-order valence-corrected chi connectivity index (χ0v) is 24.6. The van der Waals surface area contributed by atoms with Gasteiger partial charge in [0.2, 0.25) is 0 Å². The number of aryl methyl sites for hydroxylation is 1. The molecule has 1 saturated carbocycles. The number of nitrogens with zero attached hydrogens (tertiary/aromatic N) is 4. The smallest absolute Gasteiger partial charge is 0.507 e. The van der Waals surface area contributed by atoms with Crippen molar-refractivity contribution in [3.05, 3.63) is 64.5 Å². The topological polar surface area (TPSA) is 116 Å². The number of rotatable bonds is 9. The Labute approximate surface area is 241 Å². The van der Waals surface area contributed by atoms with Crippen LogP contribution in [0.2, 0.25) is 0 Å². The minimum Gasteiger partial charge on any atom is -0.710 e. The summed E-state index contributed by atoms with van der Waals surface area (Å²) in [6.07, 6.45) is 2.31. The predicted octanol–water partition coefficient (Wildman–Crippen LogP) is 4.09. The van der Waals surface area contributed by atoms with E-state index in [4.69, 9.17) is 14.3 Å². The van der Waals surface area contributed by atoms with Crippen molar-refractivity contribution in [3.8, 4) is 0 Å². The second-order valence-corrected chi connectivity index (χ2v) is 11.7. The quantitative estimate of drug-likeness (QED) is 0.254. The number of pyridine rings is 1. The Hall–Kier alpha value is -3.86. The van der Waals surface area contributed by atoms with Gasteiger partial charge >= 0.3 is 12.2 Å². The van der Waals surface area contributed by atoms with E-state index in [1.807, 2.05) is 36.4 Å². The van der Waals surface area contributed by atoms with Crippen LogP contribution in [0.5, 0.6) is 0 Å². The lowest BCUT2D eigenvalue weighted by Gasteiger charge is -2.32. The number of anilines is 1. The van der Waals surface area contributed by atoms with Crippen molar-refractivity contribution >= 4 is 23.9 Å². The van der Waals surface area contributed by atoms with Crippen molar-refractivity contribution in [2.75, 3.05) is 38.7 Å². The molecule has 2 aliphatic rings. The largest absolute Gasteiger partial charge is 0.710 e. The molecule has 1 aliphatic heterocycles. The Morgan fingerprint density at radius 1 is 1.07 bits per heavy atom. The lowest BCUT2D eigenvalue weighted by Crippen LogP contribution is -2.50. The van der Waals surface area contributed by atoms with E-state index in [9.17, 15) is 19.6 Å². The number of amides is 3. The number of hydrogen-bond donors (Lipinski definition) is 0. The summed E-state index contributed by atoms with van der Waals surface area (Å²) in [5, 5.41) is 14.7. The van der Waals surface area contributed by atoms with Gasteiger partial charge in [0.25, 0.3) is 11.7 Å². The highest BCUT2D eigenvalue weighted by atomic mass is 16.7. The Morgan fingerprint density at radius 3 is 2.41 bits per heavy atom. The fourth-order valence-corrected chi connectivity index (χ4v) is 5.01. The molecule has 1 aromatic heterocycles. The minimum atomic E-state index is -0.690. The molecular weight excluding hydrogens is 528 g/mol. The van der Waals surface area contributed by atoms with Crippen LogP contribution in [0.15, 0.2) is 42.5 Å². The molecule has 41 heavy (non-hydrogen) atoms. The summed E-state index contributed by atoms with van der Waals surface area (Å²) in [5.74, 6) is -0.0870. The summed E-state index contributed by atoms with van der Waals surface area (Å²) in [5.41, 5.74) is 1.43. The van der Waals surface area contributed by atoms with E-state index in [1.54, 1.807) is 26.8 Å². The molecule has 0 atom stereocenters. The van der Waals surface area contributed by atoms with Gasteiger partial charge in [0, 0.05) is 31.0 Å². The molecule has 0 unspecified atom stereocenters. The average Bonchev–Trinajstić information content (AvgIpc) is 3.71. The lowest BCUT2D eigenvalue weighted by atomic mass is 9.88. The predicted molar refractivity (Wildman–Crippen MR) is 151 cm³/mol. The first-order valence-corrected chi connectivity index (χ1v) is 14.0. The van der Waals surface area contributed by atoms with E-state index in [0.717, 1.165) is 40.2 Å². The van der Waals surface area contributed by atoms with E-state index < -0.39 is 23.7 Å². The standard InChI is InChI=1S/C30H40N4O7/c1-29(2,3)41-28(37)33-19-17-30(15-16-30)24-14-13-23(34(38)26(24)33)12-9-18-32(20-25(35)31(4)39-5)27(36)40-21-22-10-7-6-8-11-22/h6-8,10-11,13-14H,9,12,15-21H2,1-5H3. The van der Waals surface area contributed by atoms with E-state index >= 15 is 0 Å². The third kappa shape index (κ3) is 7.27. The molecule has 1 aromatic carbocycles. The molecule has 11 heteroatoms. The Kier molecular flexibility index (Phi) is 9.06. The van der Waals surface area contributed by atoms with Crippen LogP contribution in [0.25, 0.3) is 0 Å². The van der Waals surface area contributed by atoms with Crippen LogP contribution in [-0.4, -0.2) is 67.4 Å². The van der Waals surface area contributed by atoms with Crippen molar-refractivity contribution in [1.82, 2.24) is 9.96 Å². The average molecular weight is 569 g/mol. The van der Waals surface area contributed by atoms with Crippen LogP contribution < -0.4 is 9.63 Å². The van der Waals surface area contributed by atoms with Crippen LogP contribution in [0.3, 0.4) is 0 Å². The maximum absolute atomic E-state index is 13.7. The Balaban J connectivity index is 1.48. The number of ether oxygens (including phenoxy) is 2. The van der Waals surface area contributed by atoms with Crippen LogP contribution >= 0.6 is 0 Å². The summed E-state index contributed by atoms with van der Waals surface area (Å²) in [4.78, 5) is 46.2. The maximum Gasteiger partial charge on any atom is 0.507 e. The summed E-state index contributed by atoms with van der Waals surface area (Å²) in [7, 11) is 2.83. The van der Waals surface area contributed by atoms with Crippen molar-refractivity contribution in [1.29, 1.82) is 0 Å². The lowest BCUT2D eigenvalue weighted by molar-refractivity contribution is -0.601. The number of carbonyl (C=O) groups excluding carboxylic acids is 3. The fourth-order valence-electron chi connectivity index (χ4n) is 5.01. The van der Waals surface area contributed by atoms with Crippen LogP contribution in [0, 0.1) is 5.21 Å². The minimum absolute atomic E-state index is 0.0500. The highest BCUT2D eigenvalue weighted by molar-refractivity contribution is 5.88. The van der Waals surface area contributed by atoms with Gasteiger partial charge in [-0.3, -0.25) is 14.5 Å². The first-order chi connectivity index (χ1) is 19.4. The molecule has 3 amide bonds. The van der Waals surface area contributed by atoms with Gasteiger partial charge in [-0.05, 0) is 64.2 Å². The second-order valence-electron chi connectivity index (χ2n) is 11.7. The molecule has 11 nitrogen and oxygen atoms in total. The Bertz CT molecular complexity index is 1260. The van der Waals surface area contributed by atoms with Crippen LogP contribution in [0.4, 0.5) is 15.4 Å². The second kappa shape index (κ2) is 12.3. The summed E-state index contributed by atoms with van der Waals surface area (Å²) in [6.45, 7) is 5.81. The van der Waals surface area contributed by atoms with Crippen molar-refractivity contribution in [3.63, 3.8) is 0 Å². The van der Waals surface area contributed by atoms with Crippen molar-refractivity contribution in [2.24, 2.45) is 0 Å². The van der Waals surface area contributed by atoms with Gasteiger partial charge in [-0.15, -0.1) is 0 Å². The Morgan fingerprint density at radius 2 is 1.78 bits per heavy atom.